The number of pyridine rings is 2. The molecule has 4 N–H and O–H groups in total. The molecule has 0 spiro atoms. The first kappa shape index (κ1) is 23.1. The Hall–Kier alpha value is -5.31. The van der Waals surface area contributed by atoms with Gasteiger partial charge in [-0.2, -0.15) is 0 Å². The van der Waals surface area contributed by atoms with Gasteiger partial charge >= 0.3 is 0 Å². The molecular weight excluding hydrogens is 483 g/mol. The van der Waals surface area contributed by atoms with E-state index in [2.05, 4.69) is 4.98 Å². The Morgan fingerprint density at radius 1 is 0.974 bits per heavy atom. The first-order chi connectivity index (χ1) is 18.5. The number of halogens is 1. The summed E-state index contributed by atoms with van der Waals surface area (Å²) in [6.45, 7) is 0. The van der Waals surface area contributed by atoms with Crippen molar-refractivity contribution in [1.82, 2.24) is 19.5 Å². The Bertz CT molecular complexity index is 1800. The third kappa shape index (κ3) is 3.96. The van der Waals surface area contributed by atoms with Crippen LogP contribution < -0.4 is 11.5 Å². The maximum atomic E-state index is 16.5. The molecule has 38 heavy (non-hydrogen) atoms. The number of nitrogens with zero attached hydrogens (tertiary/aromatic N) is 4. The van der Waals surface area contributed by atoms with Gasteiger partial charge in [-0.15, -0.1) is 0 Å². The highest BCUT2D eigenvalue weighted by molar-refractivity contribution is 5.95. The van der Waals surface area contributed by atoms with Crippen LogP contribution in [0.4, 0.5) is 10.2 Å². The van der Waals surface area contributed by atoms with E-state index in [1.54, 1.807) is 47.6 Å². The zero-order chi connectivity index (χ0) is 26.2. The minimum atomic E-state index is -0.714. The highest BCUT2D eigenvalue weighted by atomic mass is 19.1. The Labute approximate surface area is 216 Å². The second-order valence-corrected chi connectivity index (χ2v) is 8.71. The van der Waals surface area contributed by atoms with Gasteiger partial charge in [0.05, 0.1) is 29.5 Å². The Balaban J connectivity index is 1.64. The van der Waals surface area contributed by atoms with E-state index in [9.17, 15) is 4.79 Å². The van der Waals surface area contributed by atoms with Crippen LogP contribution in [0.15, 0.2) is 95.9 Å². The molecule has 0 aliphatic heterocycles. The molecule has 0 aliphatic carbocycles. The molecule has 186 valence electrons. The first-order valence-electron chi connectivity index (χ1n) is 11.8. The van der Waals surface area contributed by atoms with Crippen LogP contribution in [-0.2, 0) is 6.42 Å². The van der Waals surface area contributed by atoms with Crippen molar-refractivity contribution in [2.24, 2.45) is 5.73 Å². The molecule has 0 bridgehead atoms. The van der Waals surface area contributed by atoms with Crippen molar-refractivity contribution in [2.45, 2.75) is 6.42 Å². The number of imidazole rings is 1. The van der Waals surface area contributed by atoms with Gasteiger partial charge in [0.1, 0.15) is 11.3 Å². The number of amides is 1. The zero-order valence-electron chi connectivity index (χ0n) is 20.0. The van der Waals surface area contributed by atoms with E-state index in [0.717, 1.165) is 11.1 Å². The number of carbonyl (C=O) groups excluding carboxylic acids is 1. The Morgan fingerprint density at radius 2 is 1.82 bits per heavy atom. The van der Waals surface area contributed by atoms with Crippen LogP contribution in [-0.4, -0.2) is 25.4 Å². The fourth-order valence-corrected chi connectivity index (χ4v) is 4.53. The molecule has 1 amide bonds. The van der Waals surface area contributed by atoms with Crippen LogP contribution in [0.5, 0.6) is 0 Å². The van der Waals surface area contributed by atoms with Crippen LogP contribution in [0.2, 0.25) is 0 Å². The summed E-state index contributed by atoms with van der Waals surface area (Å²) in [7, 11) is 0. The number of nitrogen functional groups attached to an aromatic ring is 1. The van der Waals surface area contributed by atoms with Gasteiger partial charge in [-0.05, 0) is 48.0 Å². The molecule has 6 aromatic rings. The monoisotopic (exact) mass is 504 g/mol. The number of nitrogens with two attached hydrogens (primary N) is 2. The summed E-state index contributed by atoms with van der Waals surface area (Å²) in [4.78, 5) is 26.0. The van der Waals surface area contributed by atoms with Gasteiger partial charge in [0.25, 0.3) is 0 Å². The lowest BCUT2D eigenvalue weighted by Crippen LogP contribution is -2.17. The molecule has 4 aromatic heterocycles. The molecular formula is C29H21FN6O2. The van der Waals surface area contributed by atoms with Crippen molar-refractivity contribution in [3.63, 3.8) is 0 Å². The topological polar surface area (TPSA) is 126 Å². The molecule has 0 atom stereocenters. The van der Waals surface area contributed by atoms with Crippen molar-refractivity contribution in [3.8, 4) is 28.3 Å². The van der Waals surface area contributed by atoms with E-state index in [-0.39, 0.29) is 29.1 Å². The lowest BCUT2D eigenvalue weighted by Gasteiger charge is -2.16. The third-order valence-corrected chi connectivity index (χ3v) is 6.35. The number of anilines is 1. The average Bonchev–Trinajstić information content (AvgIpc) is 3.59. The number of benzene rings is 2. The number of hydrogen-bond donors (Lipinski definition) is 2. The Kier molecular flexibility index (Phi) is 5.65. The zero-order valence-corrected chi connectivity index (χ0v) is 20.0. The fraction of sp³-hybridized carbons (Fsp3) is 0.0345. The highest BCUT2D eigenvalue weighted by Crippen LogP contribution is 2.34. The van der Waals surface area contributed by atoms with Gasteiger partial charge in [-0.1, -0.05) is 30.3 Å². The molecule has 6 rings (SSSR count). The standard InChI is InChI=1S/C29H21FN6O2/c30-25-21(15-17-5-2-1-3-6-17)19(27(32)37)8-11-24(25)36-28(20-7-4-13-33-26(20)31)35-23-10-9-22(34-29(23)36)18-12-14-38-16-18/h1-14,16H,15H2,(H2,31,33)(H2,32,37). The molecule has 0 unspecified atom stereocenters. The number of primary amides is 1. The van der Waals surface area contributed by atoms with E-state index in [0.29, 0.717) is 28.2 Å². The molecule has 0 saturated carbocycles. The van der Waals surface area contributed by atoms with Crippen LogP contribution >= 0.6 is 0 Å². The van der Waals surface area contributed by atoms with E-state index >= 15 is 4.39 Å². The molecule has 9 heteroatoms. The van der Waals surface area contributed by atoms with Gasteiger partial charge in [0.15, 0.2) is 17.3 Å². The summed E-state index contributed by atoms with van der Waals surface area (Å²) < 4.78 is 23.3. The summed E-state index contributed by atoms with van der Waals surface area (Å²) in [5.41, 5.74) is 15.9. The minimum absolute atomic E-state index is 0.106. The summed E-state index contributed by atoms with van der Waals surface area (Å²) in [5, 5.41) is 0. The molecule has 0 aliphatic rings. The number of carbonyl (C=O) groups is 1. The second-order valence-electron chi connectivity index (χ2n) is 8.71. The molecule has 4 heterocycles. The first-order valence-corrected chi connectivity index (χ1v) is 11.8. The summed E-state index contributed by atoms with van der Waals surface area (Å²) in [6.07, 6.45) is 4.87. The number of rotatable bonds is 6. The Morgan fingerprint density at radius 3 is 2.55 bits per heavy atom. The quantitative estimate of drug-likeness (QED) is 0.323. The van der Waals surface area contributed by atoms with Crippen LogP contribution in [0.3, 0.4) is 0 Å². The van der Waals surface area contributed by atoms with Gasteiger partial charge in [0, 0.05) is 29.3 Å². The number of fused-ring (bicyclic) bond motifs is 1. The van der Waals surface area contributed by atoms with Crippen molar-refractivity contribution in [2.75, 3.05) is 5.73 Å². The van der Waals surface area contributed by atoms with Gasteiger partial charge in [0.2, 0.25) is 5.91 Å². The van der Waals surface area contributed by atoms with Crippen molar-refractivity contribution >= 4 is 22.9 Å². The van der Waals surface area contributed by atoms with E-state index in [1.807, 2.05) is 36.4 Å². The number of hydrogen-bond acceptors (Lipinski definition) is 6. The predicted octanol–water partition coefficient (Wildman–Crippen LogP) is 5.15. The summed E-state index contributed by atoms with van der Waals surface area (Å²) in [6, 6.07) is 21.2. The minimum Gasteiger partial charge on any atom is -0.472 e. The molecule has 8 nitrogen and oxygen atoms in total. The maximum absolute atomic E-state index is 16.5. The van der Waals surface area contributed by atoms with Gasteiger partial charge in [-0.3, -0.25) is 9.36 Å². The lowest BCUT2D eigenvalue weighted by atomic mass is 9.97. The van der Waals surface area contributed by atoms with Crippen molar-refractivity contribution in [1.29, 1.82) is 0 Å². The summed E-state index contributed by atoms with van der Waals surface area (Å²) in [5.74, 6) is -0.728. The average molecular weight is 505 g/mol. The van der Waals surface area contributed by atoms with Crippen LogP contribution in [0.1, 0.15) is 21.5 Å². The number of aromatic nitrogens is 4. The van der Waals surface area contributed by atoms with E-state index < -0.39 is 11.7 Å². The van der Waals surface area contributed by atoms with Crippen LogP contribution in [0, 0.1) is 5.82 Å². The van der Waals surface area contributed by atoms with Crippen molar-refractivity contribution < 1.29 is 13.6 Å². The van der Waals surface area contributed by atoms with E-state index in [4.69, 9.17) is 25.9 Å². The van der Waals surface area contributed by atoms with Gasteiger partial charge in [-0.25, -0.2) is 19.3 Å². The summed E-state index contributed by atoms with van der Waals surface area (Å²) >= 11 is 0. The fourth-order valence-electron chi connectivity index (χ4n) is 4.53. The second kappa shape index (κ2) is 9.29. The van der Waals surface area contributed by atoms with Crippen LogP contribution in [0.25, 0.3) is 39.5 Å². The van der Waals surface area contributed by atoms with E-state index in [1.165, 1.54) is 12.1 Å². The normalized spacial score (nSPS) is 11.2. The predicted molar refractivity (Wildman–Crippen MR) is 142 cm³/mol. The SMILES string of the molecule is NC(=O)c1ccc(-n2c(-c3cccnc3N)nc3ccc(-c4ccoc4)nc32)c(F)c1Cc1ccccc1. The molecule has 2 aromatic carbocycles. The number of furan rings is 1. The molecule has 0 radical (unpaired) electrons. The third-order valence-electron chi connectivity index (χ3n) is 6.35. The largest absolute Gasteiger partial charge is 0.472 e. The molecule has 0 saturated heterocycles. The smallest absolute Gasteiger partial charge is 0.249 e. The maximum Gasteiger partial charge on any atom is 0.249 e. The lowest BCUT2D eigenvalue weighted by molar-refractivity contribution is 0.0999. The molecule has 0 fully saturated rings. The van der Waals surface area contributed by atoms with Crippen molar-refractivity contribution in [3.05, 3.63) is 114 Å². The van der Waals surface area contributed by atoms with Gasteiger partial charge < -0.3 is 15.9 Å². The highest BCUT2D eigenvalue weighted by Gasteiger charge is 2.24.